The summed E-state index contributed by atoms with van der Waals surface area (Å²) in [6.45, 7) is 2.23. The number of aliphatic hydroxyl groups excluding tert-OH is 2. The van der Waals surface area contributed by atoms with Crippen LogP contribution in [-0.4, -0.2) is 34.5 Å². The second-order valence-corrected chi connectivity index (χ2v) is 7.25. The first-order valence-electron chi connectivity index (χ1n) is 9.34. The van der Waals surface area contributed by atoms with Crippen molar-refractivity contribution in [2.24, 2.45) is 0 Å². The number of hydrogen-bond donors (Lipinski definition) is 3. The Morgan fingerprint density at radius 2 is 1.97 bits per heavy atom. The van der Waals surface area contributed by atoms with E-state index in [-0.39, 0.29) is 23.7 Å². The molecule has 1 amide bonds. The molecule has 2 aromatic carbocycles. The minimum atomic E-state index is -0.447. The molecule has 4 rings (SSSR count). The lowest BCUT2D eigenvalue weighted by atomic mass is 9.98. The Morgan fingerprint density at radius 3 is 2.63 bits per heavy atom. The average Bonchev–Trinajstić information content (AvgIpc) is 3.30. The topological polar surface area (TPSA) is 105 Å². The van der Waals surface area contributed by atoms with Gasteiger partial charge in [-0.3, -0.25) is 4.79 Å². The number of benzene rings is 2. The number of aryl methyl sites for hydroxylation is 1. The molecule has 30 heavy (non-hydrogen) atoms. The van der Waals surface area contributed by atoms with Crippen LogP contribution in [0.2, 0.25) is 5.02 Å². The predicted molar refractivity (Wildman–Crippen MR) is 113 cm³/mol. The van der Waals surface area contributed by atoms with Crippen LogP contribution in [0.1, 0.15) is 23.4 Å². The number of aromatic nitrogens is 1. The Morgan fingerprint density at radius 1 is 1.20 bits per heavy atom. The Kier molecular flexibility index (Phi) is 5.48. The van der Waals surface area contributed by atoms with Gasteiger partial charge in [0.25, 0.3) is 5.91 Å². The van der Waals surface area contributed by atoms with Crippen molar-refractivity contribution in [3.05, 3.63) is 64.5 Å². The highest BCUT2D eigenvalue weighted by Gasteiger charge is 2.31. The molecule has 154 valence electrons. The van der Waals surface area contributed by atoms with E-state index in [1.165, 1.54) is 0 Å². The highest BCUT2D eigenvalue weighted by Crippen LogP contribution is 2.42. The summed E-state index contributed by atoms with van der Waals surface area (Å²) in [6.07, 6.45) is 0.558. The van der Waals surface area contributed by atoms with Crippen molar-refractivity contribution in [1.82, 2.24) is 5.16 Å². The van der Waals surface area contributed by atoms with Crippen LogP contribution in [0, 0.1) is 6.92 Å². The van der Waals surface area contributed by atoms with Gasteiger partial charge < -0.3 is 24.8 Å². The van der Waals surface area contributed by atoms with Crippen molar-refractivity contribution in [2.45, 2.75) is 13.3 Å². The first-order chi connectivity index (χ1) is 14.5. The van der Waals surface area contributed by atoms with Crippen LogP contribution in [-0.2, 0) is 4.79 Å². The number of anilines is 1. The third-order valence-corrected chi connectivity index (χ3v) is 5.00. The van der Waals surface area contributed by atoms with E-state index in [4.69, 9.17) is 26.0 Å². The minimum Gasteiger partial charge on any atom is -0.504 e. The SMILES string of the molecule is Cc1cc(C(O)=C2C(=O)Nc3cc(Cl)c(-c4ccc(OCCCO)cc4)cc32)on1. The number of aliphatic hydroxyl groups is 2. The Balaban J connectivity index is 1.72. The van der Waals surface area contributed by atoms with Gasteiger partial charge in [0, 0.05) is 30.2 Å². The van der Waals surface area contributed by atoms with Crippen LogP contribution in [0.3, 0.4) is 0 Å². The molecule has 1 aliphatic heterocycles. The first kappa shape index (κ1) is 20.0. The van der Waals surface area contributed by atoms with Gasteiger partial charge in [0.15, 0.2) is 5.76 Å². The third-order valence-electron chi connectivity index (χ3n) is 4.69. The van der Waals surface area contributed by atoms with Crippen molar-refractivity contribution in [3.8, 4) is 16.9 Å². The third kappa shape index (κ3) is 3.77. The summed E-state index contributed by atoms with van der Waals surface area (Å²) < 4.78 is 10.7. The zero-order valence-electron chi connectivity index (χ0n) is 16.1. The molecule has 0 atom stereocenters. The van der Waals surface area contributed by atoms with Gasteiger partial charge in [-0.05, 0) is 36.8 Å². The molecule has 3 N–H and O–H groups in total. The van der Waals surface area contributed by atoms with E-state index in [0.29, 0.717) is 46.3 Å². The molecule has 0 fully saturated rings. The van der Waals surface area contributed by atoms with Gasteiger partial charge in [-0.2, -0.15) is 0 Å². The van der Waals surface area contributed by atoms with Gasteiger partial charge in [0.05, 0.1) is 28.6 Å². The standard InChI is InChI=1S/C22H19ClN2O5/c1-12-9-19(30-25-12)21(27)20-16-10-15(17(23)11-18(16)24-22(20)28)13-3-5-14(6-4-13)29-8-2-7-26/h3-6,9-11,26-27H,2,7-8H2,1H3,(H,24,28). The summed E-state index contributed by atoms with van der Waals surface area (Å²) in [4.78, 5) is 12.5. The molecular formula is C22H19ClN2O5. The first-order valence-corrected chi connectivity index (χ1v) is 9.72. The maximum Gasteiger partial charge on any atom is 0.260 e. The summed E-state index contributed by atoms with van der Waals surface area (Å²) in [6, 6.07) is 12.3. The molecule has 1 aromatic heterocycles. The Bertz CT molecular complexity index is 1130. The normalized spacial score (nSPS) is 14.4. The van der Waals surface area contributed by atoms with Crippen LogP contribution >= 0.6 is 11.6 Å². The van der Waals surface area contributed by atoms with Crippen LogP contribution in [0.4, 0.5) is 5.69 Å². The number of nitrogens with zero attached hydrogens (tertiary/aromatic N) is 1. The van der Waals surface area contributed by atoms with Gasteiger partial charge in [0.1, 0.15) is 5.75 Å². The van der Waals surface area contributed by atoms with E-state index in [9.17, 15) is 9.90 Å². The molecule has 3 aromatic rings. The highest BCUT2D eigenvalue weighted by molar-refractivity contribution is 6.38. The molecule has 0 bridgehead atoms. The van der Waals surface area contributed by atoms with E-state index < -0.39 is 5.91 Å². The van der Waals surface area contributed by atoms with Crippen LogP contribution in [0.5, 0.6) is 5.75 Å². The molecule has 0 unspecified atom stereocenters. The van der Waals surface area contributed by atoms with E-state index in [1.54, 1.807) is 25.1 Å². The fourth-order valence-electron chi connectivity index (χ4n) is 3.23. The number of fused-ring (bicyclic) bond motifs is 1. The summed E-state index contributed by atoms with van der Waals surface area (Å²) in [5, 5.41) is 26.4. The number of carbonyl (C=O) groups excluding carboxylic acids is 1. The summed E-state index contributed by atoms with van der Waals surface area (Å²) >= 11 is 6.46. The fraction of sp³-hybridized carbons (Fsp3) is 0.182. The van der Waals surface area contributed by atoms with E-state index in [2.05, 4.69) is 10.5 Å². The van der Waals surface area contributed by atoms with Gasteiger partial charge >= 0.3 is 0 Å². The maximum atomic E-state index is 12.5. The Hall–Kier alpha value is -3.29. The number of amides is 1. The molecule has 0 aliphatic carbocycles. The average molecular weight is 427 g/mol. The van der Waals surface area contributed by atoms with Crippen molar-refractivity contribution >= 4 is 34.5 Å². The number of halogens is 1. The molecule has 1 aliphatic rings. The molecule has 8 heteroatoms. The molecule has 0 saturated heterocycles. The quantitative estimate of drug-likeness (QED) is 0.305. The second kappa shape index (κ2) is 8.22. The molecule has 0 radical (unpaired) electrons. The van der Waals surface area contributed by atoms with Crippen molar-refractivity contribution in [2.75, 3.05) is 18.5 Å². The number of carbonyl (C=O) groups is 1. The summed E-state index contributed by atoms with van der Waals surface area (Å²) in [5.41, 5.74) is 3.25. The number of nitrogens with one attached hydrogen (secondary N) is 1. The zero-order chi connectivity index (χ0) is 21.3. The number of ether oxygens (including phenoxy) is 1. The van der Waals surface area contributed by atoms with Gasteiger partial charge in [-0.1, -0.05) is 28.9 Å². The van der Waals surface area contributed by atoms with Crippen molar-refractivity contribution in [3.63, 3.8) is 0 Å². The summed E-state index contributed by atoms with van der Waals surface area (Å²) in [7, 11) is 0. The monoisotopic (exact) mass is 426 g/mol. The molecule has 7 nitrogen and oxygen atoms in total. The lowest BCUT2D eigenvalue weighted by Crippen LogP contribution is -2.05. The second-order valence-electron chi connectivity index (χ2n) is 6.84. The van der Waals surface area contributed by atoms with Crippen LogP contribution < -0.4 is 10.1 Å². The fourth-order valence-corrected chi connectivity index (χ4v) is 3.50. The molecular weight excluding hydrogens is 408 g/mol. The van der Waals surface area contributed by atoms with Gasteiger partial charge in [-0.15, -0.1) is 0 Å². The molecule has 0 saturated carbocycles. The van der Waals surface area contributed by atoms with E-state index in [1.807, 2.05) is 24.3 Å². The zero-order valence-corrected chi connectivity index (χ0v) is 16.9. The predicted octanol–water partition coefficient (Wildman–Crippen LogP) is 4.44. The smallest absolute Gasteiger partial charge is 0.260 e. The van der Waals surface area contributed by atoms with Crippen molar-refractivity contribution < 1.29 is 24.3 Å². The molecule has 2 heterocycles. The Labute approximate surface area is 177 Å². The van der Waals surface area contributed by atoms with Crippen LogP contribution in [0.25, 0.3) is 22.5 Å². The molecule has 0 spiro atoms. The van der Waals surface area contributed by atoms with Gasteiger partial charge in [0.2, 0.25) is 5.76 Å². The largest absolute Gasteiger partial charge is 0.504 e. The number of rotatable bonds is 6. The van der Waals surface area contributed by atoms with E-state index >= 15 is 0 Å². The number of hydrogen-bond acceptors (Lipinski definition) is 6. The summed E-state index contributed by atoms with van der Waals surface area (Å²) in [5.74, 6) is 0.0665. The van der Waals surface area contributed by atoms with Crippen molar-refractivity contribution in [1.29, 1.82) is 0 Å². The van der Waals surface area contributed by atoms with Gasteiger partial charge in [-0.25, -0.2) is 0 Å². The maximum absolute atomic E-state index is 12.5. The van der Waals surface area contributed by atoms with Crippen LogP contribution in [0.15, 0.2) is 47.0 Å². The lowest BCUT2D eigenvalue weighted by Gasteiger charge is -2.10. The highest BCUT2D eigenvalue weighted by atomic mass is 35.5. The minimum absolute atomic E-state index is 0.0753. The lowest BCUT2D eigenvalue weighted by molar-refractivity contribution is -0.110. The van der Waals surface area contributed by atoms with E-state index in [0.717, 1.165) is 5.56 Å².